The second kappa shape index (κ2) is 6.41. The van der Waals surface area contributed by atoms with Crippen LogP contribution in [0.3, 0.4) is 0 Å². The largest absolute Gasteiger partial charge is 0.392 e. The molecule has 3 rings (SSSR count). The Hall–Kier alpha value is -1.65. The molecule has 1 amide bonds. The van der Waals surface area contributed by atoms with E-state index in [1.54, 1.807) is 6.08 Å². The third kappa shape index (κ3) is 3.01. The van der Waals surface area contributed by atoms with Gasteiger partial charge in [0.2, 0.25) is 5.91 Å². The van der Waals surface area contributed by atoms with Crippen molar-refractivity contribution in [2.75, 3.05) is 13.2 Å². The number of fused-ring (bicyclic) bond motifs is 1. The van der Waals surface area contributed by atoms with Crippen molar-refractivity contribution < 1.29 is 14.6 Å². The molecule has 3 atom stereocenters. The van der Waals surface area contributed by atoms with Crippen molar-refractivity contribution in [1.29, 1.82) is 0 Å². The molecule has 1 aromatic rings. The lowest BCUT2D eigenvalue weighted by molar-refractivity contribution is -0.128. The molecule has 0 radical (unpaired) electrons. The first-order chi connectivity index (χ1) is 10.3. The number of benzene rings is 1. The molecular weight excluding hydrogens is 266 g/mol. The number of hydrogen-bond donors (Lipinski definition) is 1. The van der Waals surface area contributed by atoms with Gasteiger partial charge in [-0.15, -0.1) is 0 Å². The second-order valence-corrected chi connectivity index (χ2v) is 5.68. The van der Waals surface area contributed by atoms with E-state index in [-0.39, 0.29) is 24.7 Å². The zero-order valence-corrected chi connectivity index (χ0v) is 12.0. The van der Waals surface area contributed by atoms with Crippen LogP contribution in [0.5, 0.6) is 0 Å². The number of amides is 1. The highest BCUT2D eigenvalue weighted by atomic mass is 16.5. The molecule has 2 aliphatic rings. The Morgan fingerprint density at radius 3 is 2.90 bits per heavy atom. The maximum atomic E-state index is 12.1. The summed E-state index contributed by atoms with van der Waals surface area (Å²) in [5.41, 5.74) is 1.13. The summed E-state index contributed by atoms with van der Waals surface area (Å²) >= 11 is 0. The molecule has 2 saturated heterocycles. The predicted octanol–water partition coefficient (Wildman–Crippen LogP) is 1.74. The number of aliphatic hydroxyl groups is 1. The van der Waals surface area contributed by atoms with E-state index in [1.165, 1.54) is 0 Å². The molecule has 2 heterocycles. The van der Waals surface area contributed by atoms with Crippen molar-refractivity contribution in [1.82, 2.24) is 4.90 Å². The van der Waals surface area contributed by atoms with Gasteiger partial charge in [0.05, 0.1) is 31.8 Å². The first-order valence-corrected chi connectivity index (χ1v) is 7.52. The molecule has 2 aliphatic heterocycles. The fraction of sp³-hybridized carbons (Fsp3) is 0.471. The van der Waals surface area contributed by atoms with E-state index in [4.69, 9.17) is 9.84 Å². The van der Waals surface area contributed by atoms with Crippen LogP contribution in [0.15, 0.2) is 42.5 Å². The zero-order valence-electron chi connectivity index (χ0n) is 12.0. The Labute approximate surface area is 125 Å². The maximum absolute atomic E-state index is 12.1. The number of carbonyl (C=O) groups excluding carboxylic acids is 1. The minimum absolute atomic E-state index is 0.0476. The van der Waals surface area contributed by atoms with Crippen LogP contribution in [0.2, 0.25) is 0 Å². The molecule has 0 bridgehead atoms. The van der Waals surface area contributed by atoms with Crippen molar-refractivity contribution in [2.45, 2.75) is 31.6 Å². The standard InChI is InChI=1S/C17H21NO3/c19-10-4-7-14-8-9-18-16(20)11-15(17(14)18)21-12-13-5-2-1-3-6-13/h1-7,14-15,17,19H,8-12H2/b7-4+/t14-,15-,17+/m1/s1. The summed E-state index contributed by atoms with van der Waals surface area (Å²) < 4.78 is 6.02. The highest BCUT2D eigenvalue weighted by Crippen LogP contribution is 2.36. The molecular formula is C17H21NO3. The number of carbonyl (C=O) groups is 1. The van der Waals surface area contributed by atoms with Crippen molar-refractivity contribution in [2.24, 2.45) is 5.92 Å². The van der Waals surface area contributed by atoms with Gasteiger partial charge in [-0.25, -0.2) is 0 Å². The van der Waals surface area contributed by atoms with Gasteiger partial charge >= 0.3 is 0 Å². The molecule has 2 fully saturated rings. The average Bonchev–Trinajstić information content (AvgIpc) is 3.06. The smallest absolute Gasteiger partial charge is 0.225 e. The third-order valence-corrected chi connectivity index (χ3v) is 4.37. The summed E-state index contributed by atoms with van der Waals surface area (Å²) in [4.78, 5) is 14.0. The van der Waals surface area contributed by atoms with Crippen molar-refractivity contribution in [3.05, 3.63) is 48.0 Å². The van der Waals surface area contributed by atoms with Crippen LogP contribution in [0.25, 0.3) is 0 Å². The van der Waals surface area contributed by atoms with Gasteiger partial charge in [0.25, 0.3) is 0 Å². The minimum atomic E-state index is -0.0476. The molecule has 0 unspecified atom stereocenters. The molecule has 1 N–H and O–H groups in total. The minimum Gasteiger partial charge on any atom is -0.392 e. The van der Waals surface area contributed by atoms with Gasteiger partial charge < -0.3 is 14.7 Å². The quantitative estimate of drug-likeness (QED) is 0.839. The van der Waals surface area contributed by atoms with E-state index in [1.807, 2.05) is 41.3 Å². The SMILES string of the molecule is O=C1C[C@@H](OCc2ccccc2)[C@@H]2[C@H](/C=C/CO)CCN12. The first-order valence-electron chi connectivity index (χ1n) is 7.52. The van der Waals surface area contributed by atoms with Crippen LogP contribution in [0, 0.1) is 5.92 Å². The number of ether oxygens (including phenoxy) is 1. The maximum Gasteiger partial charge on any atom is 0.225 e. The van der Waals surface area contributed by atoms with Crippen LogP contribution < -0.4 is 0 Å². The Kier molecular flexibility index (Phi) is 4.36. The highest BCUT2D eigenvalue weighted by Gasteiger charge is 2.47. The number of aliphatic hydroxyl groups excluding tert-OH is 1. The monoisotopic (exact) mass is 287 g/mol. The van der Waals surface area contributed by atoms with Gasteiger partial charge in [0, 0.05) is 12.5 Å². The Balaban J connectivity index is 1.66. The van der Waals surface area contributed by atoms with Gasteiger partial charge in [-0.3, -0.25) is 4.79 Å². The molecule has 0 aliphatic carbocycles. The fourth-order valence-corrected chi connectivity index (χ4v) is 3.40. The lowest BCUT2D eigenvalue weighted by Gasteiger charge is -2.24. The topological polar surface area (TPSA) is 49.8 Å². The molecule has 112 valence electrons. The molecule has 0 saturated carbocycles. The molecule has 0 aromatic heterocycles. The van der Waals surface area contributed by atoms with E-state index >= 15 is 0 Å². The Morgan fingerprint density at radius 1 is 1.33 bits per heavy atom. The zero-order chi connectivity index (χ0) is 14.7. The Morgan fingerprint density at radius 2 is 2.14 bits per heavy atom. The van der Waals surface area contributed by atoms with Crippen LogP contribution in [-0.2, 0) is 16.1 Å². The van der Waals surface area contributed by atoms with E-state index in [2.05, 4.69) is 0 Å². The molecule has 21 heavy (non-hydrogen) atoms. The van der Waals surface area contributed by atoms with Gasteiger partial charge in [0.1, 0.15) is 0 Å². The second-order valence-electron chi connectivity index (χ2n) is 5.68. The van der Waals surface area contributed by atoms with Gasteiger partial charge in [-0.1, -0.05) is 42.5 Å². The molecule has 4 heteroatoms. The predicted molar refractivity (Wildman–Crippen MR) is 79.5 cm³/mol. The lowest BCUT2D eigenvalue weighted by atomic mass is 9.95. The molecule has 1 aromatic carbocycles. The molecule has 0 spiro atoms. The summed E-state index contributed by atoms with van der Waals surface area (Å²) in [7, 11) is 0. The van der Waals surface area contributed by atoms with Crippen LogP contribution in [0.4, 0.5) is 0 Å². The number of rotatable bonds is 5. The summed E-state index contributed by atoms with van der Waals surface area (Å²) in [6, 6.07) is 10.2. The summed E-state index contributed by atoms with van der Waals surface area (Å²) in [5.74, 6) is 0.488. The lowest BCUT2D eigenvalue weighted by Crippen LogP contribution is -2.35. The van der Waals surface area contributed by atoms with Gasteiger partial charge in [-0.05, 0) is 12.0 Å². The van der Waals surface area contributed by atoms with E-state index in [0.717, 1.165) is 18.5 Å². The molecule has 4 nitrogen and oxygen atoms in total. The van der Waals surface area contributed by atoms with Crippen molar-refractivity contribution in [3.63, 3.8) is 0 Å². The first kappa shape index (κ1) is 14.3. The van der Waals surface area contributed by atoms with Gasteiger partial charge in [0.15, 0.2) is 0 Å². The summed E-state index contributed by atoms with van der Waals surface area (Å²) in [6.07, 6.45) is 5.18. The van der Waals surface area contributed by atoms with E-state index in [0.29, 0.717) is 18.9 Å². The highest BCUT2D eigenvalue weighted by molar-refractivity contribution is 5.80. The normalized spacial score (nSPS) is 28.5. The van der Waals surface area contributed by atoms with E-state index < -0.39 is 0 Å². The Bertz CT molecular complexity index is 514. The van der Waals surface area contributed by atoms with Crippen molar-refractivity contribution in [3.8, 4) is 0 Å². The van der Waals surface area contributed by atoms with Crippen LogP contribution in [-0.4, -0.2) is 41.2 Å². The van der Waals surface area contributed by atoms with Crippen LogP contribution >= 0.6 is 0 Å². The summed E-state index contributed by atoms with van der Waals surface area (Å²) in [6.45, 7) is 1.39. The van der Waals surface area contributed by atoms with E-state index in [9.17, 15) is 4.79 Å². The number of hydrogen-bond acceptors (Lipinski definition) is 3. The summed E-state index contributed by atoms with van der Waals surface area (Å²) in [5, 5.41) is 8.94. The number of nitrogens with zero attached hydrogens (tertiary/aromatic N) is 1. The fourth-order valence-electron chi connectivity index (χ4n) is 3.40. The third-order valence-electron chi connectivity index (χ3n) is 4.37. The average molecular weight is 287 g/mol. The van der Waals surface area contributed by atoms with Crippen LogP contribution in [0.1, 0.15) is 18.4 Å². The van der Waals surface area contributed by atoms with Crippen molar-refractivity contribution >= 4 is 5.91 Å². The van der Waals surface area contributed by atoms with Gasteiger partial charge in [-0.2, -0.15) is 0 Å².